The van der Waals surface area contributed by atoms with Gasteiger partial charge in [-0.3, -0.25) is 9.59 Å². The van der Waals surface area contributed by atoms with E-state index in [2.05, 4.69) is 0 Å². The molecule has 5 atom stereocenters. The van der Waals surface area contributed by atoms with Crippen molar-refractivity contribution in [2.45, 2.75) is 37.4 Å². The lowest BCUT2D eigenvalue weighted by Crippen LogP contribution is -2.59. The van der Waals surface area contributed by atoms with Gasteiger partial charge in [-0.15, -0.1) is 11.8 Å². The fourth-order valence-electron chi connectivity index (χ4n) is 3.24. The predicted molar refractivity (Wildman–Crippen MR) is 65.5 cm³/mol. The summed E-state index contributed by atoms with van der Waals surface area (Å²) in [6.45, 7) is 1.70. The van der Waals surface area contributed by atoms with Crippen molar-refractivity contribution >= 4 is 23.5 Å². The van der Waals surface area contributed by atoms with E-state index < -0.39 is 23.6 Å². The van der Waals surface area contributed by atoms with Crippen LogP contribution in [0.5, 0.6) is 0 Å². The van der Waals surface area contributed by atoms with Gasteiger partial charge in [0.15, 0.2) is 12.1 Å². The van der Waals surface area contributed by atoms with Gasteiger partial charge < -0.3 is 19.7 Å². The quantitative estimate of drug-likeness (QED) is 0.765. The minimum absolute atomic E-state index is 0.00827. The number of aliphatic hydroxyl groups is 1. The van der Waals surface area contributed by atoms with Gasteiger partial charge in [0.2, 0.25) is 0 Å². The first kappa shape index (κ1) is 13.4. The van der Waals surface area contributed by atoms with Crippen LogP contribution in [0.4, 0.5) is 0 Å². The number of ketones is 1. The number of thioether (sulfide) groups is 1. The molecule has 2 N–H and O–H groups in total. The molecule has 0 aromatic heterocycles. The lowest BCUT2D eigenvalue weighted by Gasteiger charge is -2.45. The molecule has 1 aliphatic carbocycles. The molecule has 19 heavy (non-hydrogen) atoms. The first-order valence-electron chi connectivity index (χ1n) is 6.25. The maximum Gasteiger partial charge on any atom is 0.313 e. The van der Waals surface area contributed by atoms with Crippen LogP contribution >= 0.6 is 11.8 Å². The minimum Gasteiger partial charge on any atom is -0.481 e. The van der Waals surface area contributed by atoms with Gasteiger partial charge in [-0.25, -0.2) is 0 Å². The second kappa shape index (κ2) is 4.18. The summed E-state index contributed by atoms with van der Waals surface area (Å²) < 4.78 is 11.3. The molecule has 2 aliphatic heterocycles. The van der Waals surface area contributed by atoms with Crippen LogP contribution in [0.1, 0.15) is 19.8 Å². The van der Waals surface area contributed by atoms with E-state index >= 15 is 0 Å². The highest BCUT2D eigenvalue weighted by atomic mass is 32.2. The Morgan fingerprint density at radius 3 is 2.95 bits per heavy atom. The summed E-state index contributed by atoms with van der Waals surface area (Å²) in [5.41, 5.74) is -0.961. The van der Waals surface area contributed by atoms with E-state index in [0.717, 1.165) is 0 Å². The van der Waals surface area contributed by atoms with Gasteiger partial charge in [-0.2, -0.15) is 0 Å². The Bertz CT molecular complexity index is 440. The third-order valence-corrected chi connectivity index (χ3v) is 5.41. The normalized spacial score (nSPS) is 47.7. The molecule has 0 spiro atoms. The highest BCUT2D eigenvalue weighted by Gasteiger charge is 2.69. The van der Waals surface area contributed by atoms with Crippen molar-refractivity contribution < 1.29 is 29.3 Å². The van der Waals surface area contributed by atoms with Crippen molar-refractivity contribution in [2.24, 2.45) is 11.8 Å². The van der Waals surface area contributed by atoms with Crippen LogP contribution in [-0.2, 0) is 19.1 Å². The molecule has 2 saturated heterocycles. The zero-order chi connectivity index (χ0) is 13.8. The molecule has 3 aliphatic rings. The molecule has 3 rings (SSSR count). The van der Waals surface area contributed by atoms with Gasteiger partial charge in [-0.1, -0.05) is 0 Å². The smallest absolute Gasteiger partial charge is 0.313 e. The average molecular weight is 288 g/mol. The Kier molecular flexibility index (Phi) is 2.94. The van der Waals surface area contributed by atoms with Gasteiger partial charge in [0, 0.05) is 30.4 Å². The summed E-state index contributed by atoms with van der Waals surface area (Å²) in [4.78, 5) is 22.7. The Hall–Kier alpha value is -0.630. The molecule has 106 valence electrons. The Balaban J connectivity index is 1.77. The number of carbonyl (C=O) groups is 2. The third-order valence-electron chi connectivity index (χ3n) is 4.34. The molecular formula is C12H16O6S. The molecule has 6 nitrogen and oxygen atoms in total. The summed E-state index contributed by atoms with van der Waals surface area (Å²) in [5, 5.41) is 19.1. The Labute approximate surface area is 114 Å². The van der Waals surface area contributed by atoms with E-state index in [1.54, 1.807) is 6.92 Å². The summed E-state index contributed by atoms with van der Waals surface area (Å²) in [6, 6.07) is 0. The first-order valence-corrected chi connectivity index (χ1v) is 7.40. The number of fused-ring (bicyclic) bond motifs is 2. The number of carbonyl (C=O) groups excluding carboxylic acids is 1. The highest BCUT2D eigenvalue weighted by molar-refractivity contribution is 7.99. The van der Waals surface area contributed by atoms with E-state index in [-0.39, 0.29) is 36.2 Å². The van der Waals surface area contributed by atoms with Crippen LogP contribution in [0, 0.1) is 11.8 Å². The molecule has 0 aromatic carbocycles. The Morgan fingerprint density at radius 2 is 2.26 bits per heavy atom. The van der Waals surface area contributed by atoms with Crippen molar-refractivity contribution in [3.8, 4) is 0 Å². The second-order valence-corrected chi connectivity index (χ2v) is 6.68. The van der Waals surface area contributed by atoms with Crippen LogP contribution in [0.3, 0.4) is 0 Å². The number of ether oxygens (including phenoxy) is 2. The molecule has 0 radical (unpaired) electrons. The lowest BCUT2D eigenvalue weighted by molar-refractivity contribution is -0.266. The van der Waals surface area contributed by atoms with E-state index in [1.165, 1.54) is 11.8 Å². The molecule has 2 heterocycles. The molecule has 7 heteroatoms. The zero-order valence-corrected chi connectivity index (χ0v) is 11.3. The minimum atomic E-state index is -1.37. The fourth-order valence-corrected chi connectivity index (χ4v) is 4.19. The molecule has 0 unspecified atom stereocenters. The molecular weight excluding hydrogens is 272 g/mol. The van der Waals surface area contributed by atoms with Crippen molar-refractivity contribution in [1.82, 2.24) is 0 Å². The fraction of sp³-hybridized carbons (Fsp3) is 0.833. The second-order valence-electron chi connectivity index (χ2n) is 5.65. The van der Waals surface area contributed by atoms with Crippen molar-refractivity contribution in [1.29, 1.82) is 0 Å². The third kappa shape index (κ3) is 1.91. The highest BCUT2D eigenvalue weighted by Crippen LogP contribution is 2.56. The summed E-state index contributed by atoms with van der Waals surface area (Å²) in [6.07, 6.45) is -0.205. The summed E-state index contributed by atoms with van der Waals surface area (Å²) in [5.74, 6) is -2.16. The summed E-state index contributed by atoms with van der Waals surface area (Å²) >= 11 is 1.25. The first-order chi connectivity index (χ1) is 8.85. The number of carboxylic acid groups (broad SMARTS) is 1. The lowest BCUT2D eigenvalue weighted by atomic mass is 9.70. The molecule has 0 amide bonds. The van der Waals surface area contributed by atoms with Crippen LogP contribution in [0.25, 0.3) is 0 Å². The van der Waals surface area contributed by atoms with Gasteiger partial charge >= 0.3 is 5.97 Å². The average Bonchev–Trinajstić information content (AvgIpc) is 2.45. The van der Waals surface area contributed by atoms with Crippen LogP contribution in [0.15, 0.2) is 0 Å². The topological polar surface area (TPSA) is 93.1 Å². The van der Waals surface area contributed by atoms with Gasteiger partial charge in [-0.05, 0) is 6.92 Å². The van der Waals surface area contributed by atoms with Crippen molar-refractivity contribution in [3.63, 3.8) is 0 Å². The van der Waals surface area contributed by atoms with Crippen LogP contribution < -0.4 is 0 Å². The number of carboxylic acids is 1. The van der Waals surface area contributed by atoms with E-state index in [0.29, 0.717) is 5.75 Å². The Morgan fingerprint density at radius 1 is 1.53 bits per heavy atom. The number of hydrogen-bond donors (Lipinski definition) is 2. The van der Waals surface area contributed by atoms with Gasteiger partial charge in [0.05, 0.1) is 5.75 Å². The molecule has 0 aromatic rings. The monoisotopic (exact) mass is 288 g/mol. The zero-order valence-electron chi connectivity index (χ0n) is 10.5. The van der Waals surface area contributed by atoms with E-state index in [1.807, 2.05) is 0 Å². The van der Waals surface area contributed by atoms with Gasteiger partial charge in [0.1, 0.15) is 11.4 Å². The SMILES string of the molecule is C[C@]12CC(=O)[C@@H]3C[C@@]1(O)O[C@H](O2)[C@H]3CSCC(=O)O. The van der Waals surface area contributed by atoms with E-state index in [9.17, 15) is 14.7 Å². The predicted octanol–water partition coefficient (Wildman–Crippen LogP) is 0.233. The maximum absolute atomic E-state index is 12.1. The molecule has 3 bridgehead atoms. The van der Waals surface area contributed by atoms with Crippen LogP contribution in [-0.4, -0.2) is 51.1 Å². The van der Waals surface area contributed by atoms with E-state index in [4.69, 9.17) is 14.6 Å². The molecule has 3 fully saturated rings. The standard InChI is InChI=1S/C12H16O6S/c1-11-3-8(13)6-2-12(11,16)18-10(17-11)7(6)4-19-5-9(14)15/h6-7,10,16H,2-5H2,1H3,(H,14,15)/t6-,7+,10+,11+,12-/m1/s1. The summed E-state index contributed by atoms with van der Waals surface area (Å²) in [7, 11) is 0. The van der Waals surface area contributed by atoms with Crippen LogP contribution in [0.2, 0.25) is 0 Å². The molecule has 1 saturated carbocycles. The number of rotatable bonds is 4. The van der Waals surface area contributed by atoms with Gasteiger partial charge in [0.25, 0.3) is 0 Å². The van der Waals surface area contributed by atoms with Crippen molar-refractivity contribution in [3.05, 3.63) is 0 Å². The number of aliphatic carboxylic acids is 1. The maximum atomic E-state index is 12.1. The largest absolute Gasteiger partial charge is 0.481 e. The van der Waals surface area contributed by atoms with Crippen molar-refractivity contribution in [2.75, 3.05) is 11.5 Å². The number of Topliss-reactive ketones (excluding diaryl/α,β-unsaturated/α-hetero) is 1. The number of hydrogen-bond acceptors (Lipinski definition) is 6.